The molecule has 1 aliphatic rings. The molecule has 0 amide bonds. The van der Waals surface area contributed by atoms with Crippen LogP contribution >= 0.6 is 0 Å². The van der Waals surface area contributed by atoms with Gasteiger partial charge in [-0.2, -0.15) is 0 Å². The minimum absolute atomic E-state index is 0.277. The van der Waals surface area contributed by atoms with Crippen molar-refractivity contribution in [2.75, 3.05) is 0 Å². The first-order valence-electron chi connectivity index (χ1n) is 6.27. The molecular formula is C16H13NO2. The highest BCUT2D eigenvalue weighted by Crippen LogP contribution is 2.28. The normalized spacial score (nSPS) is 13.7. The van der Waals surface area contributed by atoms with Crippen LogP contribution in [0.2, 0.25) is 0 Å². The summed E-state index contributed by atoms with van der Waals surface area (Å²) in [6, 6.07) is 8.97. The third-order valence-corrected chi connectivity index (χ3v) is 3.12. The second-order valence-corrected chi connectivity index (χ2v) is 4.64. The van der Waals surface area contributed by atoms with E-state index in [1.54, 1.807) is 16.7 Å². The van der Waals surface area contributed by atoms with Crippen LogP contribution in [0.4, 0.5) is 0 Å². The van der Waals surface area contributed by atoms with Crippen LogP contribution in [0.5, 0.6) is 0 Å². The smallest absolute Gasteiger partial charge is 0.337 e. The molecule has 19 heavy (non-hydrogen) atoms. The summed E-state index contributed by atoms with van der Waals surface area (Å²) in [5, 5.41) is 9.32. The minimum Gasteiger partial charge on any atom is -0.478 e. The van der Waals surface area contributed by atoms with E-state index in [1.165, 1.54) is 0 Å². The molecule has 1 aromatic carbocycles. The van der Waals surface area contributed by atoms with Gasteiger partial charge < -0.3 is 9.67 Å². The van der Waals surface area contributed by atoms with E-state index < -0.39 is 5.97 Å². The summed E-state index contributed by atoms with van der Waals surface area (Å²) in [7, 11) is 0. The summed E-state index contributed by atoms with van der Waals surface area (Å²) in [4.78, 5) is 11.4. The van der Waals surface area contributed by atoms with E-state index in [-0.39, 0.29) is 5.56 Å². The quantitative estimate of drug-likeness (QED) is 0.834. The van der Waals surface area contributed by atoms with Crippen molar-refractivity contribution in [1.82, 2.24) is 4.57 Å². The van der Waals surface area contributed by atoms with Crippen molar-refractivity contribution in [3.05, 3.63) is 53.9 Å². The van der Waals surface area contributed by atoms with Gasteiger partial charge in [-0.1, -0.05) is 17.9 Å². The Morgan fingerprint density at radius 1 is 1.21 bits per heavy atom. The Morgan fingerprint density at radius 2 is 1.95 bits per heavy atom. The lowest BCUT2D eigenvalue weighted by Gasteiger charge is -2.10. The Balaban J connectivity index is 2.16. The van der Waals surface area contributed by atoms with Gasteiger partial charge in [0, 0.05) is 23.9 Å². The fraction of sp³-hybridized carbons (Fsp3) is 0.188. The maximum Gasteiger partial charge on any atom is 0.337 e. The lowest BCUT2D eigenvalue weighted by Crippen LogP contribution is -2.06. The van der Waals surface area contributed by atoms with Gasteiger partial charge in [0.15, 0.2) is 0 Å². The molecule has 0 aliphatic heterocycles. The number of rotatable bonds is 2. The molecule has 3 heteroatoms. The summed E-state index contributed by atoms with van der Waals surface area (Å²) in [6.45, 7) is 0. The molecule has 1 saturated carbocycles. The Kier molecular flexibility index (Phi) is 2.85. The van der Waals surface area contributed by atoms with Crippen LogP contribution in [0.1, 0.15) is 28.8 Å². The third-order valence-electron chi connectivity index (χ3n) is 3.12. The molecule has 1 N–H and O–H groups in total. The second-order valence-electron chi connectivity index (χ2n) is 4.64. The van der Waals surface area contributed by atoms with Crippen LogP contribution in [0, 0.1) is 17.8 Å². The lowest BCUT2D eigenvalue weighted by molar-refractivity contribution is 0.0697. The van der Waals surface area contributed by atoms with Crippen LogP contribution in [-0.4, -0.2) is 15.6 Å². The fourth-order valence-electron chi connectivity index (χ4n) is 1.99. The molecule has 0 radical (unpaired) electrons. The van der Waals surface area contributed by atoms with E-state index in [0.29, 0.717) is 11.6 Å². The molecule has 3 rings (SSSR count). The number of hydrogen-bond donors (Lipinski definition) is 1. The fourth-order valence-corrected chi connectivity index (χ4v) is 1.99. The zero-order valence-corrected chi connectivity index (χ0v) is 10.3. The zero-order valence-electron chi connectivity index (χ0n) is 10.3. The average molecular weight is 251 g/mol. The molecule has 0 saturated heterocycles. The number of carboxylic acids is 1. The van der Waals surface area contributed by atoms with Crippen LogP contribution < -0.4 is 0 Å². The van der Waals surface area contributed by atoms with Crippen LogP contribution in [0.15, 0.2) is 42.7 Å². The van der Waals surface area contributed by atoms with Gasteiger partial charge in [-0.15, -0.1) is 0 Å². The maximum absolute atomic E-state index is 11.4. The Morgan fingerprint density at radius 3 is 2.58 bits per heavy atom. The predicted molar refractivity (Wildman–Crippen MR) is 72.3 cm³/mol. The average Bonchev–Trinajstić information content (AvgIpc) is 3.08. The van der Waals surface area contributed by atoms with Gasteiger partial charge in [-0.25, -0.2) is 4.79 Å². The molecule has 1 heterocycles. The SMILES string of the molecule is O=C(O)c1cccc(C#CC2CC2)c1-n1cccc1. The number of carbonyl (C=O) groups is 1. The first-order valence-corrected chi connectivity index (χ1v) is 6.27. The van der Waals surface area contributed by atoms with E-state index in [9.17, 15) is 9.90 Å². The number of aromatic nitrogens is 1. The van der Waals surface area contributed by atoms with Gasteiger partial charge in [0.25, 0.3) is 0 Å². The summed E-state index contributed by atoms with van der Waals surface area (Å²) in [5.74, 6) is 5.87. The third kappa shape index (κ3) is 2.38. The van der Waals surface area contributed by atoms with E-state index >= 15 is 0 Å². The van der Waals surface area contributed by atoms with Crippen molar-refractivity contribution in [2.24, 2.45) is 5.92 Å². The van der Waals surface area contributed by atoms with Crippen LogP contribution in [-0.2, 0) is 0 Å². The predicted octanol–water partition coefficient (Wildman–Crippen LogP) is 2.94. The Hall–Kier alpha value is -2.47. The number of nitrogens with zero attached hydrogens (tertiary/aromatic N) is 1. The zero-order chi connectivity index (χ0) is 13.2. The Bertz CT molecular complexity index is 671. The van der Waals surface area contributed by atoms with Crippen LogP contribution in [0.25, 0.3) is 5.69 Å². The molecule has 0 atom stereocenters. The minimum atomic E-state index is -0.932. The largest absolute Gasteiger partial charge is 0.478 e. The molecule has 94 valence electrons. The van der Waals surface area contributed by atoms with Gasteiger partial charge in [0.05, 0.1) is 11.3 Å². The van der Waals surface area contributed by atoms with E-state index in [1.807, 2.05) is 30.6 Å². The van der Waals surface area contributed by atoms with Crippen molar-refractivity contribution < 1.29 is 9.90 Å². The van der Waals surface area contributed by atoms with Gasteiger partial charge in [-0.05, 0) is 37.1 Å². The standard InChI is InChI=1S/C16H13NO2/c18-16(19)14-5-3-4-13(9-8-12-6-7-12)15(14)17-10-1-2-11-17/h1-5,10-12H,6-7H2,(H,18,19). The number of carboxylic acid groups (broad SMARTS) is 1. The van der Waals surface area contributed by atoms with Gasteiger partial charge >= 0.3 is 5.97 Å². The van der Waals surface area contributed by atoms with Crippen molar-refractivity contribution >= 4 is 5.97 Å². The summed E-state index contributed by atoms with van der Waals surface area (Å²) >= 11 is 0. The van der Waals surface area contributed by atoms with Crippen molar-refractivity contribution in [3.8, 4) is 17.5 Å². The monoisotopic (exact) mass is 251 g/mol. The van der Waals surface area contributed by atoms with Crippen molar-refractivity contribution in [1.29, 1.82) is 0 Å². The second kappa shape index (κ2) is 4.66. The van der Waals surface area contributed by atoms with Gasteiger partial charge in [0.2, 0.25) is 0 Å². The summed E-state index contributed by atoms with van der Waals surface area (Å²) in [6.07, 6.45) is 5.99. The summed E-state index contributed by atoms with van der Waals surface area (Å²) < 4.78 is 1.81. The molecule has 3 nitrogen and oxygen atoms in total. The van der Waals surface area contributed by atoms with E-state index in [0.717, 1.165) is 18.4 Å². The lowest BCUT2D eigenvalue weighted by atomic mass is 10.1. The number of benzene rings is 1. The van der Waals surface area contributed by atoms with Gasteiger partial charge in [-0.3, -0.25) is 0 Å². The molecular weight excluding hydrogens is 238 g/mol. The van der Waals surface area contributed by atoms with Gasteiger partial charge in [0.1, 0.15) is 0 Å². The topological polar surface area (TPSA) is 42.2 Å². The molecule has 0 spiro atoms. The molecule has 1 fully saturated rings. The maximum atomic E-state index is 11.4. The first kappa shape index (κ1) is 11.6. The number of aromatic carboxylic acids is 1. The highest BCUT2D eigenvalue weighted by Gasteiger charge is 2.19. The highest BCUT2D eigenvalue weighted by molar-refractivity contribution is 5.93. The molecule has 0 bridgehead atoms. The molecule has 1 aliphatic carbocycles. The molecule has 0 unspecified atom stereocenters. The first-order chi connectivity index (χ1) is 9.25. The van der Waals surface area contributed by atoms with E-state index in [4.69, 9.17) is 0 Å². The van der Waals surface area contributed by atoms with Crippen molar-refractivity contribution in [2.45, 2.75) is 12.8 Å². The van der Waals surface area contributed by atoms with E-state index in [2.05, 4.69) is 11.8 Å². The number of hydrogen-bond acceptors (Lipinski definition) is 1. The Labute approximate surface area is 111 Å². The molecule has 1 aromatic heterocycles. The summed E-state index contributed by atoms with van der Waals surface area (Å²) in [5.41, 5.74) is 1.69. The van der Waals surface area contributed by atoms with Crippen molar-refractivity contribution in [3.63, 3.8) is 0 Å². The molecule has 2 aromatic rings. The number of para-hydroxylation sites is 1. The van der Waals surface area contributed by atoms with Crippen LogP contribution in [0.3, 0.4) is 0 Å². The highest BCUT2D eigenvalue weighted by atomic mass is 16.4.